The van der Waals surface area contributed by atoms with E-state index in [1.807, 2.05) is 13.0 Å². The number of thiocyanates is 1. The molecule has 0 unspecified atom stereocenters. The summed E-state index contributed by atoms with van der Waals surface area (Å²) in [6, 6.07) is 10.3. The van der Waals surface area contributed by atoms with Crippen molar-refractivity contribution < 1.29 is 4.74 Å². The number of fused-ring (bicyclic) bond motifs is 1. The number of ether oxygens (including phenoxy) is 1. The van der Waals surface area contributed by atoms with Crippen molar-refractivity contribution in [3.05, 3.63) is 41.5 Å². The zero-order valence-corrected chi connectivity index (χ0v) is 10.7. The Morgan fingerprint density at radius 2 is 2.18 bits per heavy atom. The van der Waals surface area contributed by atoms with Gasteiger partial charge in [0.15, 0.2) is 0 Å². The summed E-state index contributed by atoms with van der Waals surface area (Å²) >= 11 is 1.26. The predicted octanol–water partition coefficient (Wildman–Crippen LogP) is 3.87. The molecular formula is C14H13NOS. The summed E-state index contributed by atoms with van der Waals surface area (Å²) in [4.78, 5) is 0. The van der Waals surface area contributed by atoms with Gasteiger partial charge >= 0.3 is 0 Å². The van der Waals surface area contributed by atoms with Crippen LogP contribution in [0.1, 0.15) is 11.1 Å². The van der Waals surface area contributed by atoms with E-state index in [0.29, 0.717) is 5.75 Å². The van der Waals surface area contributed by atoms with Crippen LogP contribution in [0.4, 0.5) is 0 Å². The Morgan fingerprint density at radius 3 is 2.88 bits per heavy atom. The van der Waals surface area contributed by atoms with E-state index in [1.54, 1.807) is 7.11 Å². The molecule has 0 fully saturated rings. The molecule has 0 radical (unpaired) electrons. The number of rotatable bonds is 3. The van der Waals surface area contributed by atoms with E-state index < -0.39 is 0 Å². The first-order valence-corrected chi connectivity index (χ1v) is 6.32. The van der Waals surface area contributed by atoms with Gasteiger partial charge in [0.05, 0.1) is 7.11 Å². The van der Waals surface area contributed by atoms with E-state index in [4.69, 9.17) is 10.00 Å². The second kappa shape index (κ2) is 5.11. The molecule has 0 N–H and O–H groups in total. The standard InChI is InChI=1S/C14H13NOS/c1-10-6-11-4-3-5-12(8-17-9-15)13(11)7-14(10)16-2/h3-7H,8H2,1-2H3. The van der Waals surface area contributed by atoms with Crippen LogP contribution in [-0.2, 0) is 5.75 Å². The SMILES string of the molecule is COc1cc2c(CSC#N)cccc2cc1C. The second-order valence-electron chi connectivity index (χ2n) is 3.84. The topological polar surface area (TPSA) is 33.0 Å². The Morgan fingerprint density at radius 1 is 1.35 bits per heavy atom. The van der Waals surface area contributed by atoms with Crippen molar-refractivity contribution in [2.75, 3.05) is 7.11 Å². The molecule has 0 bridgehead atoms. The lowest BCUT2D eigenvalue weighted by Gasteiger charge is -2.09. The van der Waals surface area contributed by atoms with E-state index >= 15 is 0 Å². The molecule has 0 saturated heterocycles. The van der Waals surface area contributed by atoms with Crippen LogP contribution in [-0.4, -0.2) is 7.11 Å². The first kappa shape index (κ1) is 11.8. The first-order chi connectivity index (χ1) is 8.26. The van der Waals surface area contributed by atoms with Gasteiger partial charge in [-0.15, -0.1) is 0 Å². The average Bonchev–Trinajstić information content (AvgIpc) is 2.35. The zero-order valence-electron chi connectivity index (χ0n) is 9.86. The van der Waals surface area contributed by atoms with Crippen LogP contribution >= 0.6 is 11.8 Å². The number of hydrogen-bond acceptors (Lipinski definition) is 3. The Bertz CT molecular complexity index is 587. The van der Waals surface area contributed by atoms with Crippen LogP contribution in [0.25, 0.3) is 10.8 Å². The van der Waals surface area contributed by atoms with Crippen molar-refractivity contribution in [3.8, 4) is 11.2 Å². The molecule has 2 aromatic rings. The van der Waals surface area contributed by atoms with Crippen molar-refractivity contribution in [1.29, 1.82) is 5.26 Å². The molecule has 2 rings (SSSR count). The minimum absolute atomic E-state index is 0.708. The van der Waals surface area contributed by atoms with E-state index in [1.165, 1.54) is 22.7 Å². The van der Waals surface area contributed by atoms with Crippen LogP contribution in [0.15, 0.2) is 30.3 Å². The highest BCUT2D eigenvalue weighted by molar-refractivity contribution is 8.02. The summed E-state index contributed by atoms with van der Waals surface area (Å²) in [6.45, 7) is 2.04. The maximum atomic E-state index is 8.63. The highest BCUT2D eigenvalue weighted by Crippen LogP contribution is 2.29. The lowest BCUT2D eigenvalue weighted by Crippen LogP contribution is -1.90. The second-order valence-corrected chi connectivity index (χ2v) is 4.60. The summed E-state index contributed by atoms with van der Waals surface area (Å²) in [7, 11) is 1.68. The fourth-order valence-electron chi connectivity index (χ4n) is 1.94. The van der Waals surface area contributed by atoms with Crippen LogP contribution < -0.4 is 4.74 Å². The number of aryl methyl sites for hydroxylation is 1. The Balaban J connectivity index is 2.58. The number of methoxy groups -OCH3 is 1. The Hall–Kier alpha value is -1.66. The van der Waals surface area contributed by atoms with E-state index in [2.05, 4.69) is 29.7 Å². The number of nitriles is 1. The van der Waals surface area contributed by atoms with Crippen molar-refractivity contribution >= 4 is 22.5 Å². The molecule has 0 heterocycles. The summed E-state index contributed by atoms with van der Waals surface area (Å²) in [6.07, 6.45) is 0. The number of thioether (sulfide) groups is 1. The lowest BCUT2D eigenvalue weighted by atomic mass is 10.0. The van der Waals surface area contributed by atoms with Gasteiger partial charge in [-0.2, -0.15) is 5.26 Å². The van der Waals surface area contributed by atoms with Crippen LogP contribution in [0, 0.1) is 17.6 Å². The van der Waals surface area contributed by atoms with Gasteiger partial charge in [0, 0.05) is 5.75 Å². The number of nitrogens with zero attached hydrogens (tertiary/aromatic N) is 1. The smallest absolute Gasteiger partial charge is 0.133 e. The van der Waals surface area contributed by atoms with Crippen LogP contribution in [0.5, 0.6) is 5.75 Å². The molecule has 0 amide bonds. The maximum absolute atomic E-state index is 8.63. The van der Waals surface area contributed by atoms with E-state index in [-0.39, 0.29) is 0 Å². The molecule has 0 saturated carbocycles. The fourth-order valence-corrected chi connectivity index (χ4v) is 2.41. The Labute approximate surface area is 105 Å². The predicted molar refractivity (Wildman–Crippen MR) is 72.1 cm³/mol. The van der Waals surface area contributed by atoms with Gasteiger partial charge in [0.2, 0.25) is 0 Å². The molecule has 0 aliphatic rings. The Kier molecular flexibility index (Phi) is 3.55. The van der Waals surface area contributed by atoms with Crippen molar-refractivity contribution in [1.82, 2.24) is 0 Å². The minimum atomic E-state index is 0.708. The quantitative estimate of drug-likeness (QED) is 0.767. The third kappa shape index (κ3) is 2.37. The van der Waals surface area contributed by atoms with Gasteiger partial charge in [-0.25, -0.2) is 0 Å². The highest BCUT2D eigenvalue weighted by atomic mass is 32.2. The van der Waals surface area contributed by atoms with Crippen LogP contribution in [0.2, 0.25) is 0 Å². The van der Waals surface area contributed by atoms with Gasteiger partial charge < -0.3 is 4.74 Å². The highest BCUT2D eigenvalue weighted by Gasteiger charge is 2.05. The largest absolute Gasteiger partial charge is 0.496 e. The fraction of sp³-hybridized carbons (Fsp3) is 0.214. The van der Waals surface area contributed by atoms with Gasteiger partial charge in [0.1, 0.15) is 11.2 Å². The third-order valence-electron chi connectivity index (χ3n) is 2.78. The molecule has 3 heteroatoms. The molecule has 17 heavy (non-hydrogen) atoms. The summed E-state index contributed by atoms with van der Waals surface area (Å²) < 4.78 is 5.34. The van der Waals surface area contributed by atoms with Crippen molar-refractivity contribution in [2.45, 2.75) is 12.7 Å². The number of benzene rings is 2. The molecule has 0 aliphatic heterocycles. The summed E-state index contributed by atoms with van der Waals surface area (Å²) in [5.74, 6) is 1.60. The molecule has 0 atom stereocenters. The maximum Gasteiger partial charge on any atom is 0.133 e. The molecule has 2 aromatic carbocycles. The number of hydrogen-bond donors (Lipinski definition) is 0. The normalized spacial score (nSPS) is 10.2. The van der Waals surface area contributed by atoms with Gasteiger partial charge in [-0.1, -0.05) is 18.2 Å². The third-order valence-corrected chi connectivity index (χ3v) is 3.36. The minimum Gasteiger partial charge on any atom is -0.496 e. The molecule has 0 spiro atoms. The average molecular weight is 243 g/mol. The summed E-state index contributed by atoms with van der Waals surface area (Å²) in [5.41, 5.74) is 2.30. The monoisotopic (exact) mass is 243 g/mol. The van der Waals surface area contributed by atoms with E-state index in [0.717, 1.165) is 16.7 Å². The van der Waals surface area contributed by atoms with Crippen molar-refractivity contribution in [2.24, 2.45) is 0 Å². The molecular weight excluding hydrogens is 230 g/mol. The lowest BCUT2D eigenvalue weighted by molar-refractivity contribution is 0.412. The molecule has 0 aromatic heterocycles. The summed E-state index contributed by atoms with van der Waals surface area (Å²) in [5, 5.41) is 13.1. The first-order valence-electron chi connectivity index (χ1n) is 5.33. The zero-order chi connectivity index (χ0) is 12.3. The van der Waals surface area contributed by atoms with Crippen LogP contribution in [0.3, 0.4) is 0 Å². The van der Waals surface area contributed by atoms with Gasteiger partial charge in [0.25, 0.3) is 0 Å². The molecule has 86 valence electrons. The van der Waals surface area contributed by atoms with Crippen molar-refractivity contribution in [3.63, 3.8) is 0 Å². The van der Waals surface area contributed by atoms with E-state index in [9.17, 15) is 0 Å². The van der Waals surface area contributed by atoms with Gasteiger partial charge in [-0.3, -0.25) is 0 Å². The van der Waals surface area contributed by atoms with Gasteiger partial charge in [-0.05, 0) is 52.7 Å². The molecule has 0 aliphatic carbocycles. The molecule has 2 nitrogen and oxygen atoms in total.